The molecule has 2 rings (SSSR count). The monoisotopic (exact) mass is 379 g/mol. The Kier molecular flexibility index (Phi) is 4.17. The molecule has 0 saturated carbocycles. The zero-order valence-corrected chi connectivity index (χ0v) is 12.9. The van der Waals surface area contributed by atoms with Crippen LogP contribution in [0.3, 0.4) is 0 Å². The molecule has 106 valence electrons. The number of pyridine rings is 1. The summed E-state index contributed by atoms with van der Waals surface area (Å²) in [5.41, 5.74) is 5.57. The molecule has 1 heterocycles. The molecule has 3 N–H and O–H groups in total. The quantitative estimate of drug-likeness (QED) is 0.857. The summed E-state index contributed by atoms with van der Waals surface area (Å²) < 4.78 is 40.3. The van der Waals surface area contributed by atoms with E-state index in [1.54, 1.807) is 0 Å². The van der Waals surface area contributed by atoms with Gasteiger partial charge in [0.05, 0.1) is 10.7 Å². The molecule has 0 aliphatic rings. The van der Waals surface area contributed by atoms with Crippen LogP contribution in [0, 0.1) is 5.82 Å². The molecule has 0 spiro atoms. The van der Waals surface area contributed by atoms with Crippen molar-refractivity contribution in [2.75, 3.05) is 10.5 Å². The van der Waals surface area contributed by atoms with E-state index in [1.165, 1.54) is 24.4 Å². The van der Waals surface area contributed by atoms with E-state index in [2.05, 4.69) is 25.6 Å². The van der Waals surface area contributed by atoms with Gasteiger partial charge in [-0.1, -0.05) is 11.6 Å². The molecule has 0 aliphatic heterocycles. The van der Waals surface area contributed by atoms with Gasteiger partial charge in [0.25, 0.3) is 10.0 Å². The smallest absolute Gasteiger partial charge is 0.265 e. The Labute approximate surface area is 128 Å². The van der Waals surface area contributed by atoms with Gasteiger partial charge in [0, 0.05) is 10.7 Å². The Balaban J connectivity index is 2.40. The Morgan fingerprint density at radius 1 is 1.35 bits per heavy atom. The van der Waals surface area contributed by atoms with Crippen molar-refractivity contribution < 1.29 is 12.8 Å². The van der Waals surface area contributed by atoms with E-state index in [4.69, 9.17) is 17.3 Å². The Hall–Kier alpha value is -1.38. The first-order chi connectivity index (χ1) is 9.29. The lowest BCUT2D eigenvalue weighted by Crippen LogP contribution is -2.15. The van der Waals surface area contributed by atoms with Gasteiger partial charge in [-0.3, -0.25) is 4.72 Å². The fourth-order valence-corrected chi connectivity index (χ4v) is 3.17. The van der Waals surface area contributed by atoms with Gasteiger partial charge in [-0.2, -0.15) is 0 Å². The second kappa shape index (κ2) is 5.55. The van der Waals surface area contributed by atoms with Crippen molar-refractivity contribution in [2.45, 2.75) is 4.90 Å². The van der Waals surface area contributed by atoms with Gasteiger partial charge in [0.1, 0.15) is 16.5 Å². The highest BCUT2D eigenvalue weighted by molar-refractivity contribution is 9.10. The number of hydrogen-bond donors (Lipinski definition) is 2. The van der Waals surface area contributed by atoms with Crippen LogP contribution in [0.5, 0.6) is 0 Å². The first kappa shape index (κ1) is 15.0. The number of aromatic nitrogens is 1. The standard InChI is InChI=1S/C11H8BrClFN3O2S/c12-6-3-10(11(15)16-5-6)20(18,19)17-7-1-2-8(13)9(14)4-7/h1-5,17H,(H2,15,16). The highest BCUT2D eigenvalue weighted by Gasteiger charge is 2.19. The summed E-state index contributed by atoms with van der Waals surface area (Å²) in [6.07, 6.45) is 1.37. The summed E-state index contributed by atoms with van der Waals surface area (Å²) in [6, 6.07) is 4.86. The number of rotatable bonds is 3. The number of nitrogens with zero attached hydrogens (tertiary/aromatic N) is 1. The Bertz CT molecular complexity index is 770. The minimum atomic E-state index is -3.97. The van der Waals surface area contributed by atoms with Crippen LogP contribution in [0.15, 0.2) is 39.8 Å². The first-order valence-electron chi connectivity index (χ1n) is 5.18. The molecule has 9 heteroatoms. The maximum atomic E-state index is 13.3. The highest BCUT2D eigenvalue weighted by atomic mass is 79.9. The van der Waals surface area contributed by atoms with Crippen LogP contribution in [0.25, 0.3) is 0 Å². The van der Waals surface area contributed by atoms with E-state index >= 15 is 0 Å². The van der Waals surface area contributed by atoms with Crippen LogP contribution in [-0.2, 0) is 10.0 Å². The second-order valence-electron chi connectivity index (χ2n) is 3.77. The molecule has 0 atom stereocenters. The molecule has 0 saturated heterocycles. The molecule has 1 aromatic heterocycles. The topological polar surface area (TPSA) is 85.1 Å². The predicted octanol–water partition coefficient (Wildman–Crippen LogP) is 3.02. The molecular weight excluding hydrogens is 373 g/mol. The average Bonchev–Trinajstić information content (AvgIpc) is 2.36. The number of anilines is 2. The molecule has 0 aliphatic carbocycles. The van der Waals surface area contributed by atoms with Crippen molar-refractivity contribution in [1.82, 2.24) is 4.98 Å². The molecule has 0 fully saturated rings. The van der Waals surface area contributed by atoms with E-state index in [0.29, 0.717) is 4.47 Å². The normalized spacial score (nSPS) is 11.3. The number of nitrogens with one attached hydrogen (secondary N) is 1. The van der Waals surface area contributed by atoms with Crippen molar-refractivity contribution >= 4 is 49.1 Å². The number of benzene rings is 1. The number of halogens is 3. The summed E-state index contributed by atoms with van der Waals surface area (Å²) in [5, 5.41) is -0.100. The van der Waals surface area contributed by atoms with Crippen molar-refractivity contribution in [1.29, 1.82) is 0 Å². The van der Waals surface area contributed by atoms with E-state index in [0.717, 1.165) is 6.07 Å². The second-order valence-corrected chi connectivity index (χ2v) is 6.74. The molecule has 1 aromatic carbocycles. The summed E-state index contributed by atoms with van der Waals surface area (Å²) >= 11 is 8.63. The van der Waals surface area contributed by atoms with Gasteiger partial charge in [0.2, 0.25) is 0 Å². The summed E-state index contributed by atoms with van der Waals surface area (Å²) in [4.78, 5) is 3.53. The molecule has 2 aromatic rings. The molecule has 20 heavy (non-hydrogen) atoms. The lowest BCUT2D eigenvalue weighted by Gasteiger charge is -2.10. The van der Waals surface area contributed by atoms with E-state index in [9.17, 15) is 12.8 Å². The van der Waals surface area contributed by atoms with Gasteiger partial charge in [-0.15, -0.1) is 0 Å². The predicted molar refractivity (Wildman–Crippen MR) is 78.6 cm³/mol. The van der Waals surface area contributed by atoms with Crippen LogP contribution < -0.4 is 10.5 Å². The average molecular weight is 381 g/mol. The van der Waals surface area contributed by atoms with E-state index in [1.807, 2.05) is 0 Å². The number of sulfonamides is 1. The molecule has 0 radical (unpaired) electrons. The zero-order chi connectivity index (χ0) is 14.9. The lowest BCUT2D eigenvalue weighted by atomic mass is 10.3. The first-order valence-corrected chi connectivity index (χ1v) is 7.84. The zero-order valence-electron chi connectivity index (χ0n) is 9.77. The van der Waals surface area contributed by atoms with Crippen molar-refractivity contribution in [2.24, 2.45) is 0 Å². The molecule has 0 bridgehead atoms. The van der Waals surface area contributed by atoms with Gasteiger partial charge in [-0.25, -0.2) is 17.8 Å². The van der Waals surface area contributed by atoms with E-state index in [-0.39, 0.29) is 21.4 Å². The van der Waals surface area contributed by atoms with Crippen LogP contribution in [0.1, 0.15) is 0 Å². The Morgan fingerprint density at radius 2 is 2.05 bits per heavy atom. The van der Waals surface area contributed by atoms with Crippen LogP contribution >= 0.6 is 27.5 Å². The SMILES string of the molecule is Nc1ncc(Br)cc1S(=O)(=O)Nc1ccc(Cl)c(F)c1. The maximum absolute atomic E-state index is 13.3. The van der Waals surface area contributed by atoms with Crippen LogP contribution in [0.4, 0.5) is 15.9 Å². The number of nitrogens with two attached hydrogens (primary N) is 1. The number of hydrogen-bond acceptors (Lipinski definition) is 4. The highest BCUT2D eigenvalue weighted by Crippen LogP contribution is 2.25. The maximum Gasteiger partial charge on any atom is 0.265 e. The fourth-order valence-electron chi connectivity index (χ4n) is 1.42. The van der Waals surface area contributed by atoms with Crippen molar-refractivity contribution in [3.8, 4) is 0 Å². The molecular formula is C11H8BrClFN3O2S. The van der Waals surface area contributed by atoms with Gasteiger partial charge in [0.15, 0.2) is 0 Å². The van der Waals surface area contributed by atoms with Crippen molar-refractivity contribution in [3.05, 3.63) is 45.8 Å². The van der Waals surface area contributed by atoms with Gasteiger partial charge >= 0.3 is 0 Å². The van der Waals surface area contributed by atoms with Crippen molar-refractivity contribution in [3.63, 3.8) is 0 Å². The molecule has 0 amide bonds. The third-order valence-corrected chi connectivity index (χ3v) is 4.46. The van der Waals surface area contributed by atoms with E-state index < -0.39 is 15.8 Å². The fraction of sp³-hybridized carbons (Fsp3) is 0. The summed E-state index contributed by atoms with van der Waals surface area (Å²) in [7, 11) is -3.97. The minimum absolute atomic E-state index is 0.0336. The number of nitrogen functional groups attached to an aromatic ring is 1. The van der Waals surface area contributed by atoms with Gasteiger partial charge in [-0.05, 0) is 40.2 Å². The molecule has 5 nitrogen and oxygen atoms in total. The van der Waals surface area contributed by atoms with Crippen LogP contribution in [-0.4, -0.2) is 13.4 Å². The lowest BCUT2D eigenvalue weighted by molar-refractivity contribution is 0.601. The van der Waals surface area contributed by atoms with Crippen LogP contribution in [0.2, 0.25) is 5.02 Å². The minimum Gasteiger partial charge on any atom is -0.383 e. The third-order valence-electron chi connectivity index (χ3n) is 2.31. The summed E-state index contributed by atoms with van der Waals surface area (Å²) in [6.45, 7) is 0. The largest absolute Gasteiger partial charge is 0.383 e. The summed E-state index contributed by atoms with van der Waals surface area (Å²) in [5.74, 6) is -0.887. The van der Waals surface area contributed by atoms with Gasteiger partial charge < -0.3 is 5.73 Å². The Morgan fingerprint density at radius 3 is 2.70 bits per heavy atom. The third kappa shape index (κ3) is 3.20. The molecule has 0 unspecified atom stereocenters.